The fourth-order valence-corrected chi connectivity index (χ4v) is 4.67. The molecule has 0 aliphatic carbocycles. The first-order valence-electron chi connectivity index (χ1n) is 9.43. The Morgan fingerprint density at radius 3 is 2.60 bits per heavy atom. The smallest absolute Gasteiger partial charge is 0.239 e. The molecule has 4 atom stereocenters. The molecule has 1 aromatic rings. The van der Waals surface area contributed by atoms with Gasteiger partial charge >= 0.3 is 0 Å². The molecule has 0 spiro atoms. The Hall–Kier alpha value is -1.14. The van der Waals surface area contributed by atoms with Crippen LogP contribution in [-0.4, -0.2) is 54.0 Å². The summed E-state index contributed by atoms with van der Waals surface area (Å²) in [6.45, 7) is 5.86. The maximum Gasteiger partial charge on any atom is 0.239 e. The van der Waals surface area contributed by atoms with Gasteiger partial charge in [0.1, 0.15) is 0 Å². The minimum atomic E-state index is -0.0227. The second kappa shape index (κ2) is 7.23. The number of hydrogen-bond acceptors (Lipinski definition) is 4. The van der Waals surface area contributed by atoms with Crippen LogP contribution in [0.3, 0.4) is 0 Å². The highest BCUT2D eigenvalue weighted by molar-refractivity contribution is 6.30. The third-order valence-electron chi connectivity index (χ3n) is 6.09. The van der Waals surface area contributed by atoms with Crippen molar-refractivity contribution in [3.8, 4) is 0 Å². The molecule has 6 heteroatoms. The molecule has 136 valence electrons. The molecule has 4 rings (SSSR count). The molecule has 25 heavy (non-hydrogen) atoms. The van der Waals surface area contributed by atoms with Crippen LogP contribution in [0.5, 0.6) is 0 Å². The summed E-state index contributed by atoms with van der Waals surface area (Å²) in [6.07, 6.45) is 3.37. The zero-order valence-electron chi connectivity index (χ0n) is 14.7. The van der Waals surface area contributed by atoms with E-state index in [0.29, 0.717) is 17.9 Å². The van der Waals surface area contributed by atoms with Crippen LogP contribution >= 0.6 is 11.6 Å². The zero-order chi connectivity index (χ0) is 17.4. The summed E-state index contributed by atoms with van der Waals surface area (Å²) in [5.41, 5.74) is 8.18. The van der Waals surface area contributed by atoms with Crippen molar-refractivity contribution in [2.75, 3.05) is 26.2 Å². The van der Waals surface area contributed by atoms with E-state index in [1.165, 1.54) is 5.56 Å². The maximum atomic E-state index is 12.8. The van der Waals surface area contributed by atoms with Crippen molar-refractivity contribution in [2.45, 2.75) is 44.3 Å². The minimum absolute atomic E-state index is 0.0227. The lowest BCUT2D eigenvalue weighted by atomic mass is 9.84. The minimum Gasteiger partial charge on any atom is -0.341 e. The zero-order valence-corrected chi connectivity index (χ0v) is 15.5. The number of rotatable bonds is 3. The van der Waals surface area contributed by atoms with Gasteiger partial charge in [0.2, 0.25) is 5.91 Å². The fraction of sp³-hybridized carbons (Fsp3) is 0.632. The van der Waals surface area contributed by atoms with Gasteiger partial charge in [0.15, 0.2) is 0 Å². The topological polar surface area (TPSA) is 47.6 Å². The van der Waals surface area contributed by atoms with E-state index in [4.69, 9.17) is 11.6 Å². The maximum absolute atomic E-state index is 12.8. The molecular weight excluding hydrogens is 336 g/mol. The van der Waals surface area contributed by atoms with E-state index in [-0.39, 0.29) is 12.1 Å². The van der Waals surface area contributed by atoms with Crippen molar-refractivity contribution in [3.05, 3.63) is 34.9 Å². The molecule has 3 heterocycles. The predicted octanol–water partition coefficient (Wildman–Crippen LogP) is 2.19. The second-order valence-corrected chi connectivity index (χ2v) is 8.02. The van der Waals surface area contributed by atoms with E-state index >= 15 is 0 Å². The summed E-state index contributed by atoms with van der Waals surface area (Å²) in [7, 11) is 0. The van der Waals surface area contributed by atoms with Gasteiger partial charge in [-0.2, -0.15) is 0 Å². The molecule has 5 nitrogen and oxygen atoms in total. The summed E-state index contributed by atoms with van der Waals surface area (Å²) >= 11 is 6.03. The van der Waals surface area contributed by atoms with E-state index in [1.807, 2.05) is 17.0 Å². The molecule has 0 radical (unpaired) electrons. The summed E-state index contributed by atoms with van der Waals surface area (Å²) in [5, 5.41) is 0.765. The lowest BCUT2D eigenvalue weighted by molar-refractivity contribution is -0.136. The molecule has 1 aromatic carbocycles. The van der Waals surface area contributed by atoms with Crippen molar-refractivity contribution >= 4 is 17.5 Å². The monoisotopic (exact) mass is 362 g/mol. The molecule has 3 aliphatic heterocycles. The highest BCUT2D eigenvalue weighted by Gasteiger charge is 2.42. The van der Waals surface area contributed by atoms with Crippen molar-refractivity contribution in [2.24, 2.45) is 5.92 Å². The molecule has 0 bridgehead atoms. The Bertz CT molecular complexity index is 616. The number of carbonyl (C=O) groups excluding carboxylic acids is 1. The van der Waals surface area contributed by atoms with E-state index in [1.54, 1.807) is 0 Å². The molecule has 1 amide bonds. The van der Waals surface area contributed by atoms with Gasteiger partial charge in [-0.3, -0.25) is 15.1 Å². The van der Waals surface area contributed by atoms with Gasteiger partial charge in [-0.25, -0.2) is 5.43 Å². The molecule has 0 saturated carbocycles. The first-order valence-corrected chi connectivity index (χ1v) is 9.80. The average molecular weight is 363 g/mol. The van der Waals surface area contributed by atoms with Crippen LogP contribution in [0.15, 0.2) is 24.3 Å². The number of hydrazine groups is 1. The summed E-state index contributed by atoms with van der Waals surface area (Å²) in [4.78, 5) is 17.2. The van der Waals surface area contributed by atoms with Crippen molar-refractivity contribution in [1.82, 2.24) is 20.7 Å². The van der Waals surface area contributed by atoms with Gasteiger partial charge < -0.3 is 4.90 Å². The fourth-order valence-electron chi connectivity index (χ4n) is 4.54. The second-order valence-electron chi connectivity index (χ2n) is 7.58. The van der Waals surface area contributed by atoms with Gasteiger partial charge in [0.05, 0.1) is 12.1 Å². The van der Waals surface area contributed by atoms with Crippen LogP contribution < -0.4 is 10.9 Å². The number of likely N-dealkylation sites (tertiary alicyclic amines) is 2. The Balaban J connectivity index is 1.45. The van der Waals surface area contributed by atoms with Gasteiger partial charge in [0, 0.05) is 43.2 Å². The summed E-state index contributed by atoms with van der Waals surface area (Å²) in [5.74, 6) is 0.765. The number of benzene rings is 1. The van der Waals surface area contributed by atoms with Crippen LogP contribution in [0.4, 0.5) is 0 Å². The van der Waals surface area contributed by atoms with Crippen LogP contribution in [0.25, 0.3) is 0 Å². The predicted molar refractivity (Wildman–Crippen MR) is 99.2 cm³/mol. The Morgan fingerprint density at radius 2 is 1.88 bits per heavy atom. The van der Waals surface area contributed by atoms with Gasteiger partial charge in [-0.15, -0.1) is 0 Å². The molecule has 3 saturated heterocycles. The van der Waals surface area contributed by atoms with E-state index in [9.17, 15) is 4.79 Å². The van der Waals surface area contributed by atoms with Gasteiger partial charge in [-0.05, 0) is 43.9 Å². The van der Waals surface area contributed by atoms with Crippen LogP contribution in [0.2, 0.25) is 5.02 Å². The summed E-state index contributed by atoms with van der Waals surface area (Å²) in [6, 6.07) is 8.80. The molecule has 0 aromatic heterocycles. The normalized spacial score (nSPS) is 31.1. The number of nitrogens with one attached hydrogen (secondary N) is 2. The summed E-state index contributed by atoms with van der Waals surface area (Å²) < 4.78 is 0. The number of amides is 1. The molecular formula is C19H27ClN4O. The number of hydrogen-bond donors (Lipinski definition) is 2. The Kier molecular flexibility index (Phi) is 5.00. The third-order valence-corrected chi connectivity index (χ3v) is 6.35. The largest absolute Gasteiger partial charge is 0.341 e. The molecule has 3 fully saturated rings. The van der Waals surface area contributed by atoms with Crippen molar-refractivity contribution in [1.29, 1.82) is 0 Å². The highest BCUT2D eigenvalue weighted by atomic mass is 35.5. The number of nitrogens with zero attached hydrogens (tertiary/aromatic N) is 2. The Labute approximate surface area is 154 Å². The number of carbonyl (C=O) groups is 1. The van der Waals surface area contributed by atoms with Crippen LogP contribution in [-0.2, 0) is 4.79 Å². The lowest BCUT2D eigenvalue weighted by Gasteiger charge is -2.39. The standard InChI is InChI=1S/C19H27ClN4O/c1-13(19(25)23-9-2-3-10-23)24-11-8-17-16(12-24)18(22-21-17)14-4-6-15(20)7-5-14/h4-7,13,16-18,21-22H,2-3,8-12H2,1H3. The number of piperidine rings is 1. The van der Waals surface area contributed by atoms with Gasteiger partial charge in [-0.1, -0.05) is 23.7 Å². The van der Waals surface area contributed by atoms with Crippen molar-refractivity contribution < 1.29 is 4.79 Å². The first-order chi connectivity index (χ1) is 12.1. The van der Waals surface area contributed by atoms with E-state index in [2.05, 4.69) is 34.8 Å². The van der Waals surface area contributed by atoms with Crippen LogP contribution in [0, 0.1) is 5.92 Å². The van der Waals surface area contributed by atoms with E-state index in [0.717, 1.165) is 50.5 Å². The SMILES string of the molecule is CC(C(=O)N1CCCC1)N1CCC2NNC(c3ccc(Cl)cc3)C2C1. The Morgan fingerprint density at radius 1 is 1.16 bits per heavy atom. The van der Waals surface area contributed by atoms with Crippen LogP contribution in [0.1, 0.15) is 37.8 Å². The van der Waals surface area contributed by atoms with Gasteiger partial charge in [0.25, 0.3) is 0 Å². The molecule has 4 unspecified atom stereocenters. The lowest BCUT2D eigenvalue weighted by Crippen LogP contribution is -2.53. The van der Waals surface area contributed by atoms with E-state index < -0.39 is 0 Å². The quantitative estimate of drug-likeness (QED) is 0.865. The highest BCUT2D eigenvalue weighted by Crippen LogP contribution is 2.34. The average Bonchev–Trinajstić information content (AvgIpc) is 3.30. The molecule has 3 aliphatic rings. The number of fused-ring (bicyclic) bond motifs is 1. The van der Waals surface area contributed by atoms with Crippen molar-refractivity contribution in [3.63, 3.8) is 0 Å². The number of halogens is 1. The third kappa shape index (κ3) is 3.43. The first kappa shape index (κ1) is 17.3. The molecule has 2 N–H and O–H groups in total.